The van der Waals surface area contributed by atoms with Gasteiger partial charge in [0.2, 0.25) is 0 Å². The summed E-state index contributed by atoms with van der Waals surface area (Å²) in [7, 11) is -1.68. The van der Waals surface area contributed by atoms with E-state index in [1.807, 2.05) is 36.4 Å². The number of carbonyl (C=O) groups is 1. The topological polar surface area (TPSA) is 97.4 Å². The lowest BCUT2D eigenvalue weighted by atomic mass is 10.2. The third kappa shape index (κ3) is 6.55. The quantitative estimate of drug-likeness (QED) is 0.469. The molecule has 162 valence electrons. The molecule has 3 rings (SSSR count). The van der Waals surface area contributed by atoms with Crippen LogP contribution >= 0.6 is 0 Å². The molecule has 2 aromatic carbocycles. The summed E-state index contributed by atoms with van der Waals surface area (Å²) in [5.41, 5.74) is 1.80. The van der Waals surface area contributed by atoms with Crippen molar-refractivity contribution in [1.29, 1.82) is 0 Å². The van der Waals surface area contributed by atoms with Gasteiger partial charge in [0.15, 0.2) is 9.84 Å². The molecule has 2 N–H and O–H groups in total. The van der Waals surface area contributed by atoms with Crippen molar-refractivity contribution in [1.82, 2.24) is 10.3 Å². The lowest BCUT2D eigenvalue weighted by Crippen LogP contribution is -2.27. The lowest BCUT2D eigenvalue weighted by molar-refractivity contribution is 0.0954. The number of hydrogen-bond donors (Lipinski definition) is 2. The number of nitrogens with zero attached hydrogens (tertiary/aromatic N) is 1. The van der Waals surface area contributed by atoms with E-state index in [9.17, 15) is 13.2 Å². The van der Waals surface area contributed by atoms with Crippen LogP contribution in [0.1, 0.15) is 22.3 Å². The maximum Gasteiger partial charge on any atom is 0.255 e. The summed E-state index contributed by atoms with van der Waals surface area (Å²) in [5, 5.41) is 5.90. The molecule has 1 heterocycles. The molecule has 1 aromatic heterocycles. The van der Waals surface area contributed by atoms with Crippen molar-refractivity contribution in [3.63, 3.8) is 0 Å². The summed E-state index contributed by atoms with van der Waals surface area (Å²) in [4.78, 5) is 16.9. The first kappa shape index (κ1) is 22.3. The number of pyridine rings is 1. The van der Waals surface area contributed by atoms with E-state index < -0.39 is 9.84 Å². The minimum atomic E-state index is -3.24. The third-order valence-electron chi connectivity index (χ3n) is 4.56. The number of para-hydroxylation sites is 2. The summed E-state index contributed by atoms with van der Waals surface area (Å²) in [6, 6.07) is 19.7. The number of methoxy groups -OCH3 is 1. The van der Waals surface area contributed by atoms with E-state index in [1.165, 1.54) is 0 Å². The fourth-order valence-corrected chi connectivity index (χ4v) is 4.48. The van der Waals surface area contributed by atoms with Gasteiger partial charge in [-0.1, -0.05) is 42.5 Å². The Morgan fingerprint density at radius 2 is 1.74 bits per heavy atom. The highest BCUT2D eigenvalue weighted by atomic mass is 32.2. The van der Waals surface area contributed by atoms with Gasteiger partial charge in [0.25, 0.3) is 5.91 Å². The zero-order chi connectivity index (χ0) is 22.1. The molecule has 0 radical (unpaired) electrons. The summed E-state index contributed by atoms with van der Waals surface area (Å²) in [6.07, 6.45) is 1.92. The third-order valence-corrected chi connectivity index (χ3v) is 6.24. The molecule has 7 nitrogen and oxygen atoms in total. The normalized spacial score (nSPS) is 11.0. The summed E-state index contributed by atoms with van der Waals surface area (Å²) in [5.74, 6) is 0.689. The molecule has 0 aliphatic carbocycles. The van der Waals surface area contributed by atoms with E-state index in [2.05, 4.69) is 15.6 Å². The molecule has 0 saturated carbocycles. The number of hydrogen-bond acceptors (Lipinski definition) is 6. The van der Waals surface area contributed by atoms with Gasteiger partial charge in [0.05, 0.1) is 29.9 Å². The van der Waals surface area contributed by atoms with Crippen LogP contribution in [-0.4, -0.2) is 38.7 Å². The molecular weight excluding hydrogens is 414 g/mol. The maximum absolute atomic E-state index is 12.7. The number of ether oxygens (including phenoxy) is 1. The average Bonchev–Trinajstić information content (AvgIpc) is 2.78. The van der Waals surface area contributed by atoms with Gasteiger partial charge in [-0.25, -0.2) is 13.4 Å². The van der Waals surface area contributed by atoms with E-state index in [0.717, 1.165) is 5.56 Å². The van der Waals surface area contributed by atoms with Crippen LogP contribution < -0.4 is 15.4 Å². The van der Waals surface area contributed by atoms with Crippen molar-refractivity contribution in [3.8, 4) is 5.75 Å². The largest absolute Gasteiger partial charge is 0.495 e. The molecule has 0 unspecified atom stereocenters. The van der Waals surface area contributed by atoms with E-state index in [0.29, 0.717) is 29.2 Å². The molecule has 0 aliphatic rings. The van der Waals surface area contributed by atoms with Crippen LogP contribution in [0.2, 0.25) is 0 Å². The summed E-state index contributed by atoms with van der Waals surface area (Å²) in [6.45, 7) is 0.246. The molecule has 3 aromatic rings. The molecule has 0 aliphatic heterocycles. The maximum atomic E-state index is 12.7. The predicted molar refractivity (Wildman–Crippen MR) is 121 cm³/mol. The zero-order valence-electron chi connectivity index (χ0n) is 17.2. The molecule has 1 amide bonds. The number of benzene rings is 2. The Morgan fingerprint density at radius 3 is 2.52 bits per heavy atom. The van der Waals surface area contributed by atoms with Gasteiger partial charge in [0.1, 0.15) is 11.6 Å². The van der Waals surface area contributed by atoms with Crippen molar-refractivity contribution in [2.24, 2.45) is 0 Å². The van der Waals surface area contributed by atoms with Crippen molar-refractivity contribution >= 4 is 27.2 Å². The number of amides is 1. The van der Waals surface area contributed by atoms with Crippen LogP contribution in [0, 0.1) is 0 Å². The number of aromatic nitrogens is 1. The predicted octanol–water partition coefficient (Wildman–Crippen LogP) is 3.57. The molecular formula is C23H25N3O4S. The highest BCUT2D eigenvalue weighted by Crippen LogP contribution is 2.27. The van der Waals surface area contributed by atoms with Gasteiger partial charge in [-0.15, -0.1) is 0 Å². The van der Waals surface area contributed by atoms with Crippen LogP contribution in [-0.2, 0) is 15.6 Å². The fourth-order valence-electron chi connectivity index (χ4n) is 3.05. The monoisotopic (exact) mass is 439 g/mol. The average molecular weight is 440 g/mol. The van der Waals surface area contributed by atoms with Crippen LogP contribution in [0.3, 0.4) is 0 Å². The van der Waals surface area contributed by atoms with E-state index in [4.69, 9.17) is 4.74 Å². The molecule has 0 atom stereocenters. The molecule has 8 heteroatoms. The minimum Gasteiger partial charge on any atom is -0.495 e. The first-order chi connectivity index (χ1) is 15.0. The summed E-state index contributed by atoms with van der Waals surface area (Å²) < 4.78 is 29.9. The first-order valence-corrected chi connectivity index (χ1v) is 11.7. The van der Waals surface area contributed by atoms with Gasteiger partial charge in [-0.05, 0) is 36.2 Å². The van der Waals surface area contributed by atoms with Gasteiger partial charge in [-0.2, -0.15) is 0 Å². The Bertz CT molecular complexity index is 1120. The molecule has 31 heavy (non-hydrogen) atoms. The lowest BCUT2D eigenvalue weighted by Gasteiger charge is -2.13. The minimum absolute atomic E-state index is 0.00152. The Hall–Kier alpha value is -3.39. The molecule has 0 saturated heterocycles. The SMILES string of the molecule is COc1ccccc1Nc1ncccc1C(=O)NCCCS(=O)(=O)Cc1ccccc1. The van der Waals surface area contributed by atoms with Gasteiger partial charge >= 0.3 is 0 Å². The van der Waals surface area contributed by atoms with Gasteiger partial charge < -0.3 is 15.4 Å². The van der Waals surface area contributed by atoms with Crippen LogP contribution in [0.5, 0.6) is 5.75 Å². The Labute approximate surface area is 182 Å². The van der Waals surface area contributed by atoms with Crippen molar-refractivity contribution in [2.45, 2.75) is 12.2 Å². The molecule has 0 bridgehead atoms. The standard InChI is InChI=1S/C23H25N3O4S/c1-30-21-13-6-5-12-20(21)26-22-19(11-7-14-24-22)23(27)25-15-8-16-31(28,29)17-18-9-3-2-4-10-18/h2-7,9-14H,8,15-17H2,1H3,(H,24,26)(H,25,27). The molecule has 0 fully saturated rings. The van der Waals surface area contributed by atoms with E-state index in [-0.39, 0.29) is 24.0 Å². The van der Waals surface area contributed by atoms with Crippen LogP contribution in [0.25, 0.3) is 0 Å². The van der Waals surface area contributed by atoms with Crippen LogP contribution in [0.15, 0.2) is 72.9 Å². The second-order valence-electron chi connectivity index (χ2n) is 6.91. The number of sulfone groups is 1. The molecule has 0 spiro atoms. The van der Waals surface area contributed by atoms with Crippen LogP contribution in [0.4, 0.5) is 11.5 Å². The van der Waals surface area contributed by atoms with Crippen molar-refractivity contribution in [2.75, 3.05) is 24.7 Å². The first-order valence-electron chi connectivity index (χ1n) is 9.86. The van der Waals surface area contributed by atoms with E-state index >= 15 is 0 Å². The van der Waals surface area contributed by atoms with Crippen molar-refractivity contribution in [3.05, 3.63) is 84.1 Å². The highest BCUT2D eigenvalue weighted by molar-refractivity contribution is 7.90. The number of nitrogens with one attached hydrogen (secondary N) is 2. The van der Waals surface area contributed by atoms with Crippen molar-refractivity contribution < 1.29 is 17.9 Å². The zero-order valence-corrected chi connectivity index (χ0v) is 18.1. The van der Waals surface area contributed by atoms with Gasteiger partial charge in [-0.3, -0.25) is 4.79 Å². The Balaban J connectivity index is 1.56. The smallest absolute Gasteiger partial charge is 0.255 e. The number of rotatable bonds is 10. The van der Waals surface area contributed by atoms with E-state index in [1.54, 1.807) is 43.6 Å². The fraction of sp³-hybridized carbons (Fsp3) is 0.217. The van der Waals surface area contributed by atoms with Gasteiger partial charge in [0, 0.05) is 12.7 Å². The Kier molecular flexibility index (Phi) is 7.61. The highest BCUT2D eigenvalue weighted by Gasteiger charge is 2.15. The number of carbonyl (C=O) groups excluding carboxylic acids is 1. The Morgan fingerprint density at radius 1 is 1.00 bits per heavy atom. The second kappa shape index (κ2) is 10.6. The number of anilines is 2. The second-order valence-corrected chi connectivity index (χ2v) is 9.10. The summed E-state index contributed by atoms with van der Waals surface area (Å²) >= 11 is 0.